The van der Waals surface area contributed by atoms with E-state index in [2.05, 4.69) is 10.6 Å². The number of aliphatic hydroxyl groups excluding tert-OH is 1. The van der Waals surface area contributed by atoms with Gasteiger partial charge in [-0.05, 0) is 30.7 Å². The lowest BCUT2D eigenvalue weighted by Gasteiger charge is -2.17. The molecule has 9 nitrogen and oxygen atoms in total. The lowest BCUT2D eigenvalue weighted by atomic mass is 10.1. The van der Waals surface area contributed by atoms with Gasteiger partial charge >= 0.3 is 0 Å². The number of carbonyl (C=O) groups is 2. The van der Waals surface area contributed by atoms with Crippen molar-refractivity contribution in [3.8, 4) is 23.0 Å². The van der Waals surface area contributed by atoms with Gasteiger partial charge in [-0.1, -0.05) is 12.1 Å². The Morgan fingerprint density at radius 3 is 1.89 bits per heavy atom. The molecule has 9 heteroatoms. The van der Waals surface area contributed by atoms with Crippen LogP contribution in [0.25, 0.3) is 0 Å². The standard InChI is InChI=1S/C18H20N2O7/c21-9-10(20-18(27)12-4-2-6-14(23)16(12)25)7-8-19-17(26)11-3-1-5-13(22)15(11)24/h1-6,10,21-25H,7-9H2,(H,19,26)(H,20,27)/t10-/m0/s1. The minimum atomic E-state index is -0.725. The zero-order valence-electron chi connectivity index (χ0n) is 14.2. The van der Waals surface area contributed by atoms with Crippen LogP contribution in [-0.4, -0.2) is 56.5 Å². The molecule has 2 aromatic carbocycles. The first-order valence-electron chi connectivity index (χ1n) is 8.07. The van der Waals surface area contributed by atoms with Crippen molar-refractivity contribution in [2.45, 2.75) is 12.5 Å². The van der Waals surface area contributed by atoms with E-state index in [1.807, 2.05) is 0 Å². The van der Waals surface area contributed by atoms with E-state index < -0.39 is 47.5 Å². The minimum absolute atomic E-state index is 0.0610. The summed E-state index contributed by atoms with van der Waals surface area (Å²) in [5.74, 6) is -3.30. The number of hydrogen-bond donors (Lipinski definition) is 7. The van der Waals surface area contributed by atoms with Crippen molar-refractivity contribution in [1.82, 2.24) is 10.6 Å². The van der Waals surface area contributed by atoms with E-state index in [0.29, 0.717) is 0 Å². The third-order valence-corrected chi connectivity index (χ3v) is 3.85. The Balaban J connectivity index is 1.92. The number of aromatic hydroxyl groups is 4. The maximum Gasteiger partial charge on any atom is 0.255 e. The van der Waals surface area contributed by atoms with Crippen molar-refractivity contribution in [2.75, 3.05) is 13.2 Å². The SMILES string of the molecule is O=C(NCC[C@@H](CO)NC(=O)c1cccc(O)c1O)c1cccc(O)c1O. The molecule has 7 N–H and O–H groups in total. The number of carbonyl (C=O) groups excluding carboxylic acids is 2. The largest absolute Gasteiger partial charge is 0.504 e. The van der Waals surface area contributed by atoms with Gasteiger partial charge in [-0.3, -0.25) is 9.59 Å². The minimum Gasteiger partial charge on any atom is -0.504 e. The molecule has 2 aromatic rings. The molecule has 27 heavy (non-hydrogen) atoms. The highest BCUT2D eigenvalue weighted by Crippen LogP contribution is 2.28. The monoisotopic (exact) mass is 376 g/mol. The van der Waals surface area contributed by atoms with Gasteiger partial charge in [-0.15, -0.1) is 0 Å². The molecular weight excluding hydrogens is 356 g/mol. The smallest absolute Gasteiger partial charge is 0.255 e. The molecule has 0 aliphatic carbocycles. The van der Waals surface area contributed by atoms with Gasteiger partial charge in [-0.2, -0.15) is 0 Å². The van der Waals surface area contributed by atoms with Gasteiger partial charge in [0, 0.05) is 6.54 Å². The molecule has 0 aliphatic rings. The van der Waals surface area contributed by atoms with Crippen LogP contribution in [0.4, 0.5) is 0 Å². The molecule has 0 spiro atoms. The number of phenolic OH excluding ortho intramolecular Hbond substituents is 4. The molecule has 1 atom stereocenters. The fraction of sp³-hybridized carbons (Fsp3) is 0.222. The molecule has 0 aromatic heterocycles. The Bertz CT molecular complexity index is 838. The number of benzene rings is 2. The number of para-hydroxylation sites is 2. The molecule has 0 aliphatic heterocycles. The van der Waals surface area contributed by atoms with Crippen LogP contribution in [-0.2, 0) is 0 Å². The van der Waals surface area contributed by atoms with Gasteiger partial charge in [0.2, 0.25) is 0 Å². The van der Waals surface area contributed by atoms with E-state index >= 15 is 0 Å². The Hall–Kier alpha value is -3.46. The van der Waals surface area contributed by atoms with Crippen molar-refractivity contribution in [2.24, 2.45) is 0 Å². The van der Waals surface area contributed by atoms with Gasteiger partial charge in [-0.25, -0.2) is 0 Å². The predicted molar refractivity (Wildman–Crippen MR) is 94.8 cm³/mol. The van der Waals surface area contributed by atoms with E-state index in [-0.39, 0.29) is 24.1 Å². The summed E-state index contributed by atoms with van der Waals surface area (Å²) in [6.07, 6.45) is 0.160. The van der Waals surface area contributed by atoms with E-state index in [1.165, 1.54) is 36.4 Å². The summed E-state index contributed by atoms with van der Waals surface area (Å²) in [5, 5.41) is 52.6. The lowest BCUT2D eigenvalue weighted by Crippen LogP contribution is -2.40. The van der Waals surface area contributed by atoms with Gasteiger partial charge in [0.05, 0.1) is 23.8 Å². The Kier molecular flexibility index (Phi) is 6.45. The van der Waals surface area contributed by atoms with E-state index in [4.69, 9.17) is 0 Å². The number of nitrogens with one attached hydrogen (secondary N) is 2. The molecule has 0 radical (unpaired) electrons. The Morgan fingerprint density at radius 1 is 0.852 bits per heavy atom. The number of hydrogen-bond acceptors (Lipinski definition) is 7. The molecule has 0 saturated heterocycles. The van der Waals surface area contributed by atoms with Crippen molar-refractivity contribution in [3.05, 3.63) is 47.5 Å². The third kappa shape index (κ3) is 4.79. The Morgan fingerprint density at radius 2 is 1.37 bits per heavy atom. The highest BCUT2D eigenvalue weighted by Gasteiger charge is 2.18. The topological polar surface area (TPSA) is 159 Å². The van der Waals surface area contributed by atoms with Gasteiger partial charge < -0.3 is 36.2 Å². The summed E-state index contributed by atoms with van der Waals surface area (Å²) in [6, 6.07) is 7.17. The summed E-state index contributed by atoms with van der Waals surface area (Å²) in [7, 11) is 0. The van der Waals surface area contributed by atoms with Gasteiger partial charge in [0.1, 0.15) is 0 Å². The zero-order chi connectivity index (χ0) is 20.0. The van der Waals surface area contributed by atoms with Crippen LogP contribution in [0.15, 0.2) is 36.4 Å². The summed E-state index contributed by atoms with van der Waals surface area (Å²) in [4.78, 5) is 24.2. The number of rotatable bonds is 7. The second-order valence-electron chi connectivity index (χ2n) is 5.74. The third-order valence-electron chi connectivity index (χ3n) is 3.85. The lowest BCUT2D eigenvalue weighted by molar-refractivity contribution is 0.0907. The first-order valence-corrected chi connectivity index (χ1v) is 8.07. The maximum atomic E-state index is 12.1. The van der Waals surface area contributed by atoms with Crippen LogP contribution in [0.2, 0.25) is 0 Å². The first-order chi connectivity index (χ1) is 12.8. The summed E-state index contributed by atoms with van der Waals surface area (Å²) in [6.45, 7) is -0.357. The fourth-order valence-corrected chi connectivity index (χ4v) is 2.36. The number of aliphatic hydroxyl groups is 1. The maximum absolute atomic E-state index is 12.1. The van der Waals surface area contributed by atoms with E-state index in [1.54, 1.807) is 0 Å². The van der Waals surface area contributed by atoms with Gasteiger partial charge in [0.25, 0.3) is 11.8 Å². The molecule has 0 fully saturated rings. The second-order valence-corrected chi connectivity index (χ2v) is 5.74. The molecule has 0 unspecified atom stereocenters. The quantitative estimate of drug-likeness (QED) is 0.345. The first kappa shape index (κ1) is 19.9. The van der Waals surface area contributed by atoms with Crippen LogP contribution in [0.1, 0.15) is 27.1 Å². The van der Waals surface area contributed by atoms with Gasteiger partial charge in [0.15, 0.2) is 23.0 Å². The Labute approximate surface area is 154 Å². The van der Waals surface area contributed by atoms with Crippen LogP contribution in [0, 0.1) is 0 Å². The molecular formula is C18H20N2O7. The summed E-state index contributed by atoms with van der Waals surface area (Å²) >= 11 is 0. The highest BCUT2D eigenvalue weighted by atomic mass is 16.3. The second kappa shape index (κ2) is 8.77. The van der Waals surface area contributed by atoms with Crippen LogP contribution in [0.5, 0.6) is 23.0 Å². The molecule has 2 amide bonds. The predicted octanol–water partition coefficient (Wildman–Crippen LogP) is 0.420. The number of phenols is 4. The summed E-state index contributed by atoms with van der Waals surface area (Å²) < 4.78 is 0. The van der Waals surface area contributed by atoms with E-state index in [0.717, 1.165) is 0 Å². The summed E-state index contributed by atoms with van der Waals surface area (Å²) in [5.41, 5.74) is -0.258. The highest BCUT2D eigenvalue weighted by molar-refractivity contribution is 5.98. The van der Waals surface area contributed by atoms with E-state index in [9.17, 15) is 35.1 Å². The van der Waals surface area contributed by atoms with Crippen molar-refractivity contribution in [1.29, 1.82) is 0 Å². The molecule has 0 saturated carbocycles. The molecule has 144 valence electrons. The van der Waals surface area contributed by atoms with Crippen molar-refractivity contribution < 1.29 is 35.1 Å². The zero-order valence-corrected chi connectivity index (χ0v) is 14.2. The average Bonchev–Trinajstić information content (AvgIpc) is 2.65. The van der Waals surface area contributed by atoms with Crippen molar-refractivity contribution >= 4 is 11.8 Å². The molecule has 0 heterocycles. The number of amides is 2. The van der Waals surface area contributed by atoms with Crippen LogP contribution >= 0.6 is 0 Å². The molecule has 0 bridgehead atoms. The van der Waals surface area contributed by atoms with Crippen LogP contribution < -0.4 is 10.6 Å². The average molecular weight is 376 g/mol. The fourth-order valence-electron chi connectivity index (χ4n) is 2.36. The molecule has 2 rings (SSSR count). The normalized spacial score (nSPS) is 11.6. The van der Waals surface area contributed by atoms with Crippen molar-refractivity contribution in [3.63, 3.8) is 0 Å². The van der Waals surface area contributed by atoms with Crippen LogP contribution in [0.3, 0.4) is 0 Å².